The van der Waals surface area contributed by atoms with Gasteiger partial charge in [0.2, 0.25) is 0 Å². The third-order valence-corrected chi connectivity index (χ3v) is 3.69. The van der Waals surface area contributed by atoms with E-state index in [4.69, 9.17) is 10.5 Å². The van der Waals surface area contributed by atoms with Crippen LogP contribution >= 0.6 is 0 Å². The number of likely N-dealkylation sites (tertiary alicyclic amines) is 1. The van der Waals surface area contributed by atoms with Gasteiger partial charge < -0.3 is 10.5 Å². The molecule has 1 fully saturated rings. The lowest BCUT2D eigenvalue weighted by atomic mass is 9.99. The Morgan fingerprint density at radius 3 is 3.00 bits per heavy atom. The SMILES string of the molecule is Cc1cccc(OCCN2CCC(N)CC2C)c1. The van der Waals surface area contributed by atoms with Gasteiger partial charge in [-0.05, 0) is 44.4 Å². The highest BCUT2D eigenvalue weighted by Gasteiger charge is 2.22. The standard InChI is InChI=1S/C15H24N2O/c1-12-4-3-5-15(10-12)18-9-8-17-7-6-14(16)11-13(17)2/h3-5,10,13-14H,6-9,11,16H2,1-2H3. The summed E-state index contributed by atoms with van der Waals surface area (Å²) in [5, 5.41) is 0. The Bertz CT molecular complexity index is 381. The number of piperidine rings is 1. The Hall–Kier alpha value is -1.06. The average Bonchev–Trinajstić information content (AvgIpc) is 2.32. The summed E-state index contributed by atoms with van der Waals surface area (Å²) in [7, 11) is 0. The fourth-order valence-electron chi connectivity index (χ4n) is 2.58. The summed E-state index contributed by atoms with van der Waals surface area (Å²) in [6.07, 6.45) is 2.21. The molecule has 2 atom stereocenters. The van der Waals surface area contributed by atoms with Crippen molar-refractivity contribution in [3.63, 3.8) is 0 Å². The molecule has 1 saturated heterocycles. The van der Waals surface area contributed by atoms with Gasteiger partial charge in [-0.15, -0.1) is 0 Å². The van der Waals surface area contributed by atoms with Crippen LogP contribution in [0.4, 0.5) is 0 Å². The van der Waals surface area contributed by atoms with E-state index in [1.807, 2.05) is 12.1 Å². The smallest absolute Gasteiger partial charge is 0.119 e. The van der Waals surface area contributed by atoms with Crippen LogP contribution in [0.5, 0.6) is 5.75 Å². The third-order valence-electron chi connectivity index (χ3n) is 3.69. The van der Waals surface area contributed by atoms with Crippen LogP contribution in [0.25, 0.3) is 0 Å². The molecule has 1 aromatic rings. The predicted octanol–water partition coefficient (Wildman–Crippen LogP) is 2.19. The van der Waals surface area contributed by atoms with E-state index in [-0.39, 0.29) is 0 Å². The first-order valence-corrected chi connectivity index (χ1v) is 6.84. The van der Waals surface area contributed by atoms with Crippen LogP contribution in [-0.2, 0) is 0 Å². The number of ether oxygens (including phenoxy) is 1. The molecule has 18 heavy (non-hydrogen) atoms. The Balaban J connectivity index is 1.75. The van der Waals surface area contributed by atoms with E-state index in [1.54, 1.807) is 0 Å². The Labute approximate surface area is 110 Å². The summed E-state index contributed by atoms with van der Waals surface area (Å²) in [4.78, 5) is 2.47. The van der Waals surface area contributed by atoms with Crippen molar-refractivity contribution in [2.24, 2.45) is 5.73 Å². The molecule has 0 aromatic heterocycles. The summed E-state index contributed by atoms with van der Waals surface area (Å²) in [5.41, 5.74) is 7.21. The maximum Gasteiger partial charge on any atom is 0.119 e. The number of hydrogen-bond donors (Lipinski definition) is 1. The van der Waals surface area contributed by atoms with Crippen molar-refractivity contribution in [3.05, 3.63) is 29.8 Å². The summed E-state index contributed by atoms with van der Waals surface area (Å²) in [5.74, 6) is 0.969. The topological polar surface area (TPSA) is 38.5 Å². The van der Waals surface area contributed by atoms with Crippen molar-refractivity contribution in [3.8, 4) is 5.75 Å². The number of aryl methyl sites for hydroxylation is 1. The minimum Gasteiger partial charge on any atom is -0.492 e. The molecule has 100 valence electrons. The summed E-state index contributed by atoms with van der Waals surface area (Å²) >= 11 is 0. The second-order valence-corrected chi connectivity index (χ2v) is 5.33. The van der Waals surface area contributed by atoms with Crippen LogP contribution in [0.2, 0.25) is 0 Å². The Morgan fingerprint density at radius 2 is 2.28 bits per heavy atom. The molecule has 0 amide bonds. The Kier molecular flexibility index (Phi) is 4.61. The highest BCUT2D eigenvalue weighted by Crippen LogP contribution is 2.16. The second kappa shape index (κ2) is 6.21. The van der Waals surface area contributed by atoms with E-state index < -0.39 is 0 Å². The maximum atomic E-state index is 5.97. The van der Waals surface area contributed by atoms with Gasteiger partial charge >= 0.3 is 0 Å². The van der Waals surface area contributed by atoms with Gasteiger partial charge in [0, 0.05) is 25.2 Å². The van der Waals surface area contributed by atoms with Crippen LogP contribution < -0.4 is 10.5 Å². The largest absolute Gasteiger partial charge is 0.492 e. The monoisotopic (exact) mass is 248 g/mol. The summed E-state index contributed by atoms with van der Waals surface area (Å²) < 4.78 is 5.79. The van der Waals surface area contributed by atoms with Crippen molar-refractivity contribution >= 4 is 0 Å². The van der Waals surface area contributed by atoms with Gasteiger partial charge in [-0.2, -0.15) is 0 Å². The molecule has 2 rings (SSSR count). The third kappa shape index (κ3) is 3.72. The molecule has 1 aliphatic heterocycles. The summed E-state index contributed by atoms with van der Waals surface area (Å²) in [6, 6.07) is 9.18. The lowest BCUT2D eigenvalue weighted by Crippen LogP contribution is -2.46. The van der Waals surface area contributed by atoms with E-state index in [1.165, 1.54) is 5.56 Å². The molecular weight excluding hydrogens is 224 g/mol. The zero-order valence-corrected chi connectivity index (χ0v) is 11.4. The molecule has 1 aromatic carbocycles. The zero-order valence-electron chi connectivity index (χ0n) is 11.4. The van der Waals surface area contributed by atoms with Crippen LogP contribution in [0.1, 0.15) is 25.3 Å². The zero-order chi connectivity index (χ0) is 13.0. The van der Waals surface area contributed by atoms with Crippen molar-refractivity contribution in [2.45, 2.75) is 38.8 Å². The van der Waals surface area contributed by atoms with E-state index in [9.17, 15) is 0 Å². The van der Waals surface area contributed by atoms with E-state index in [0.717, 1.165) is 38.3 Å². The van der Waals surface area contributed by atoms with Crippen LogP contribution in [0.15, 0.2) is 24.3 Å². The molecule has 2 unspecified atom stereocenters. The van der Waals surface area contributed by atoms with Crippen molar-refractivity contribution in [1.82, 2.24) is 4.90 Å². The number of nitrogens with zero attached hydrogens (tertiary/aromatic N) is 1. The number of hydrogen-bond acceptors (Lipinski definition) is 3. The van der Waals surface area contributed by atoms with E-state index in [0.29, 0.717) is 12.1 Å². The molecule has 0 radical (unpaired) electrons. The molecule has 0 spiro atoms. The van der Waals surface area contributed by atoms with Crippen LogP contribution in [0, 0.1) is 6.92 Å². The normalized spacial score (nSPS) is 25.1. The lowest BCUT2D eigenvalue weighted by Gasteiger charge is -2.36. The quantitative estimate of drug-likeness (QED) is 0.887. The lowest BCUT2D eigenvalue weighted by molar-refractivity contribution is 0.123. The average molecular weight is 248 g/mol. The Morgan fingerprint density at radius 1 is 1.44 bits per heavy atom. The first-order chi connectivity index (χ1) is 8.65. The van der Waals surface area contributed by atoms with E-state index in [2.05, 4.69) is 30.9 Å². The molecule has 0 aliphatic carbocycles. The highest BCUT2D eigenvalue weighted by molar-refractivity contribution is 5.27. The second-order valence-electron chi connectivity index (χ2n) is 5.33. The fourth-order valence-corrected chi connectivity index (χ4v) is 2.58. The minimum atomic E-state index is 0.383. The highest BCUT2D eigenvalue weighted by atomic mass is 16.5. The molecule has 3 heteroatoms. The number of rotatable bonds is 4. The number of nitrogens with two attached hydrogens (primary N) is 1. The first kappa shape index (κ1) is 13.4. The first-order valence-electron chi connectivity index (χ1n) is 6.84. The maximum absolute atomic E-state index is 5.97. The fraction of sp³-hybridized carbons (Fsp3) is 0.600. The van der Waals surface area contributed by atoms with Gasteiger partial charge in [0.05, 0.1) is 0 Å². The molecule has 1 heterocycles. The van der Waals surface area contributed by atoms with Gasteiger partial charge in [0.15, 0.2) is 0 Å². The predicted molar refractivity (Wildman–Crippen MR) is 74.9 cm³/mol. The van der Waals surface area contributed by atoms with E-state index >= 15 is 0 Å². The molecule has 1 aliphatic rings. The van der Waals surface area contributed by atoms with Gasteiger partial charge in [0.1, 0.15) is 12.4 Å². The van der Waals surface area contributed by atoms with Crippen LogP contribution in [-0.4, -0.2) is 36.7 Å². The van der Waals surface area contributed by atoms with Gasteiger partial charge in [-0.1, -0.05) is 12.1 Å². The van der Waals surface area contributed by atoms with Gasteiger partial charge in [-0.25, -0.2) is 0 Å². The van der Waals surface area contributed by atoms with Gasteiger partial charge in [-0.3, -0.25) is 4.90 Å². The molecular formula is C15H24N2O. The van der Waals surface area contributed by atoms with Crippen LogP contribution in [0.3, 0.4) is 0 Å². The van der Waals surface area contributed by atoms with Crippen molar-refractivity contribution < 1.29 is 4.74 Å². The molecule has 2 N–H and O–H groups in total. The molecule has 0 bridgehead atoms. The molecule has 0 saturated carbocycles. The number of benzene rings is 1. The minimum absolute atomic E-state index is 0.383. The molecule has 3 nitrogen and oxygen atoms in total. The van der Waals surface area contributed by atoms with Crippen molar-refractivity contribution in [2.75, 3.05) is 19.7 Å². The van der Waals surface area contributed by atoms with Gasteiger partial charge in [0.25, 0.3) is 0 Å². The van der Waals surface area contributed by atoms with Crippen molar-refractivity contribution in [1.29, 1.82) is 0 Å². The summed E-state index contributed by atoms with van der Waals surface area (Å²) in [6.45, 7) is 7.18.